The lowest BCUT2D eigenvalue weighted by Gasteiger charge is -2.20. The van der Waals surface area contributed by atoms with E-state index in [0.717, 1.165) is 0 Å². The number of benzene rings is 1. The van der Waals surface area contributed by atoms with Crippen LogP contribution in [0.4, 0.5) is 4.39 Å². The van der Waals surface area contributed by atoms with Crippen LogP contribution in [0.2, 0.25) is 0 Å². The fourth-order valence-corrected chi connectivity index (χ4v) is 1.22. The van der Waals surface area contributed by atoms with Crippen LogP contribution < -0.4 is 0 Å². The zero-order valence-corrected chi connectivity index (χ0v) is 8.11. The Balaban J connectivity index is 2.88. The second kappa shape index (κ2) is 5.05. The predicted octanol–water partition coefficient (Wildman–Crippen LogP) is 1.48. The first-order chi connectivity index (χ1) is 6.70. The van der Waals surface area contributed by atoms with E-state index >= 15 is 0 Å². The van der Waals surface area contributed by atoms with Gasteiger partial charge in [-0.15, -0.1) is 0 Å². The van der Waals surface area contributed by atoms with Crippen LogP contribution >= 0.6 is 0 Å². The zero-order chi connectivity index (χ0) is 10.6. The van der Waals surface area contributed by atoms with Gasteiger partial charge < -0.3 is 14.6 Å². The second-order valence-electron chi connectivity index (χ2n) is 2.81. The standard InChI is InChI=1S/C10H13FO3/c1-13-10(14-2)9(12)7-5-3-4-6-8(7)11/h3-6,9-10,12H,1-2H3. The maximum atomic E-state index is 13.2. The molecular weight excluding hydrogens is 187 g/mol. The first kappa shape index (κ1) is 11.1. The number of halogens is 1. The van der Waals surface area contributed by atoms with Gasteiger partial charge in [-0.1, -0.05) is 18.2 Å². The van der Waals surface area contributed by atoms with Gasteiger partial charge in [0.25, 0.3) is 0 Å². The number of methoxy groups -OCH3 is 2. The number of ether oxygens (including phenoxy) is 2. The Labute approximate surface area is 82.1 Å². The summed E-state index contributed by atoms with van der Waals surface area (Å²) in [5.41, 5.74) is 0.168. The van der Waals surface area contributed by atoms with Gasteiger partial charge in [0, 0.05) is 19.8 Å². The van der Waals surface area contributed by atoms with Crippen molar-refractivity contribution in [2.24, 2.45) is 0 Å². The molecule has 1 aromatic rings. The largest absolute Gasteiger partial charge is 0.383 e. The monoisotopic (exact) mass is 200 g/mol. The lowest BCUT2D eigenvalue weighted by atomic mass is 10.1. The normalized spacial score (nSPS) is 13.2. The van der Waals surface area contributed by atoms with Crippen LogP contribution in [-0.4, -0.2) is 25.6 Å². The summed E-state index contributed by atoms with van der Waals surface area (Å²) in [7, 11) is 2.77. The number of aliphatic hydroxyl groups is 1. The maximum Gasteiger partial charge on any atom is 0.187 e. The minimum Gasteiger partial charge on any atom is -0.383 e. The van der Waals surface area contributed by atoms with Crippen molar-refractivity contribution < 1.29 is 19.0 Å². The van der Waals surface area contributed by atoms with E-state index in [1.807, 2.05) is 0 Å². The van der Waals surface area contributed by atoms with Gasteiger partial charge in [-0.3, -0.25) is 0 Å². The van der Waals surface area contributed by atoms with Gasteiger partial charge in [0.15, 0.2) is 6.29 Å². The summed E-state index contributed by atoms with van der Waals surface area (Å²) in [5.74, 6) is -0.473. The molecule has 0 saturated carbocycles. The van der Waals surface area contributed by atoms with E-state index in [9.17, 15) is 9.50 Å². The van der Waals surface area contributed by atoms with Gasteiger partial charge in [0.2, 0.25) is 0 Å². The van der Waals surface area contributed by atoms with Crippen LogP contribution in [0.5, 0.6) is 0 Å². The molecule has 0 saturated heterocycles. The maximum absolute atomic E-state index is 13.2. The van der Waals surface area contributed by atoms with Gasteiger partial charge in [0.05, 0.1) is 0 Å². The summed E-state index contributed by atoms with van der Waals surface area (Å²) in [4.78, 5) is 0. The number of rotatable bonds is 4. The second-order valence-corrected chi connectivity index (χ2v) is 2.81. The molecule has 0 radical (unpaired) electrons. The third kappa shape index (κ3) is 2.29. The molecule has 1 unspecified atom stereocenters. The van der Waals surface area contributed by atoms with E-state index in [1.165, 1.54) is 26.4 Å². The van der Waals surface area contributed by atoms with Crippen LogP contribution in [0.3, 0.4) is 0 Å². The van der Waals surface area contributed by atoms with E-state index < -0.39 is 18.2 Å². The van der Waals surface area contributed by atoms with E-state index in [2.05, 4.69) is 0 Å². The van der Waals surface area contributed by atoms with Crippen molar-refractivity contribution in [1.82, 2.24) is 0 Å². The quantitative estimate of drug-likeness (QED) is 0.748. The first-order valence-corrected chi connectivity index (χ1v) is 4.18. The van der Waals surface area contributed by atoms with Crippen molar-refractivity contribution in [3.8, 4) is 0 Å². The summed E-state index contributed by atoms with van der Waals surface area (Å²) in [6, 6.07) is 5.97. The predicted molar refractivity (Wildman–Crippen MR) is 49.2 cm³/mol. The van der Waals surface area contributed by atoms with Gasteiger partial charge >= 0.3 is 0 Å². The van der Waals surface area contributed by atoms with Crippen LogP contribution in [-0.2, 0) is 9.47 Å². The fourth-order valence-electron chi connectivity index (χ4n) is 1.22. The van der Waals surface area contributed by atoms with Crippen LogP contribution in [0.1, 0.15) is 11.7 Å². The van der Waals surface area contributed by atoms with Crippen LogP contribution in [0, 0.1) is 5.82 Å². The van der Waals surface area contributed by atoms with Crippen molar-refractivity contribution >= 4 is 0 Å². The highest BCUT2D eigenvalue weighted by Gasteiger charge is 2.22. The molecule has 0 aromatic heterocycles. The third-order valence-electron chi connectivity index (χ3n) is 1.95. The topological polar surface area (TPSA) is 38.7 Å². The SMILES string of the molecule is COC(OC)C(O)c1ccccc1F. The molecule has 0 bridgehead atoms. The van der Waals surface area contributed by atoms with Crippen molar-refractivity contribution in [2.45, 2.75) is 12.4 Å². The van der Waals surface area contributed by atoms with Crippen molar-refractivity contribution in [3.63, 3.8) is 0 Å². The highest BCUT2D eigenvalue weighted by Crippen LogP contribution is 2.21. The van der Waals surface area contributed by atoms with E-state index in [1.54, 1.807) is 12.1 Å². The lowest BCUT2D eigenvalue weighted by molar-refractivity contribution is -0.166. The van der Waals surface area contributed by atoms with E-state index in [4.69, 9.17) is 9.47 Å². The molecule has 0 aliphatic rings. The molecule has 14 heavy (non-hydrogen) atoms. The molecule has 1 aromatic carbocycles. The van der Waals surface area contributed by atoms with Crippen LogP contribution in [0.25, 0.3) is 0 Å². The van der Waals surface area contributed by atoms with E-state index in [0.29, 0.717) is 0 Å². The Kier molecular flexibility index (Phi) is 4.00. The molecule has 1 atom stereocenters. The summed E-state index contributed by atoms with van der Waals surface area (Å²) in [5, 5.41) is 9.67. The van der Waals surface area contributed by atoms with Crippen molar-refractivity contribution in [2.75, 3.05) is 14.2 Å². The Morgan fingerprint density at radius 1 is 1.21 bits per heavy atom. The average Bonchev–Trinajstić information content (AvgIpc) is 2.20. The molecule has 0 spiro atoms. The minimum atomic E-state index is -1.12. The van der Waals surface area contributed by atoms with Gasteiger partial charge in [-0.05, 0) is 6.07 Å². The Bertz CT molecular complexity index is 286. The van der Waals surface area contributed by atoms with Crippen LogP contribution in [0.15, 0.2) is 24.3 Å². The highest BCUT2D eigenvalue weighted by atomic mass is 19.1. The van der Waals surface area contributed by atoms with Gasteiger partial charge in [-0.2, -0.15) is 0 Å². The molecule has 0 heterocycles. The summed E-state index contributed by atoms with van der Waals surface area (Å²) >= 11 is 0. The Hall–Kier alpha value is -0.970. The lowest BCUT2D eigenvalue weighted by Crippen LogP contribution is -2.23. The molecule has 4 heteroatoms. The Morgan fingerprint density at radius 2 is 1.79 bits per heavy atom. The Morgan fingerprint density at radius 3 is 2.29 bits per heavy atom. The molecule has 78 valence electrons. The van der Waals surface area contributed by atoms with Crippen molar-refractivity contribution in [3.05, 3.63) is 35.6 Å². The molecule has 0 fully saturated rings. The van der Waals surface area contributed by atoms with Crippen molar-refractivity contribution in [1.29, 1.82) is 0 Å². The first-order valence-electron chi connectivity index (χ1n) is 4.18. The van der Waals surface area contributed by atoms with Gasteiger partial charge in [0.1, 0.15) is 11.9 Å². The molecule has 3 nitrogen and oxygen atoms in total. The molecule has 0 aliphatic carbocycles. The third-order valence-corrected chi connectivity index (χ3v) is 1.95. The molecule has 0 aliphatic heterocycles. The number of hydrogen-bond acceptors (Lipinski definition) is 3. The summed E-state index contributed by atoms with van der Waals surface area (Å²) in [6.45, 7) is 0. The molecule has 1 N–H and O–H groups in total. The fraction of sp³-hybridized carbons (Fsp3) is 0.400. The smallest absolute Gasteiger partial charge is 0.187 e. The summed E-state index contributed by atoms with van der Waals surface area (Å²) in [6.07, 6.45) is -1.97. The van der Waals surface area contributed by atoms with Gasteiger partial charge in [-0.25, -0.2) is 4.39 Å². The average molecular weight is 200 g/mol. The van der Waals surface area contributed by atoms with E-state index in [-0.39, 0.29) is 5.56 Å². The number of hydrogen-bond donors (Lipinski definition) is 1. The summed E-state index contributed by atoms with van der Waals surface area (Å²) < 4.78 is 22.9. The zero-order valence-electron chi connectivity index (χ0n) is 8.11. The molecule has 1 rings (SSSR count). The molecular formula is C10H13FO3. The highest BCUT2D eigenvalue weighted by molar-refractivity contribution is 5.20. The molecule has 0 amide bonds. The number of aliphatic hydroxyl groups excluding tert-OH is 1. The minimum absolute atomic E-state index is 0.168.